The van der Waals surface area contributed by atoms with Gasteiger partial charge in [-0.15, -0.1) is 0 Å². The second-order valence-electron chi connectivity index (χ2n) is 2.81. The fraction of sp³-hybridized carbons (Fsp3) is 0.600. The normalized spacial score (nSPS) is 13.9. The molecule has 0 rings (SSSR count). The van der Waals surface area contributed by atoms with Gasteiger partial charge in [-0.25, -0.2) is 0 Å². The summed E-state index contributed by atoms with van der Waals surface area (Å²) >= 11 is 0. The van der Waals surface area contributed by atoms with Crippen molar-refractivity contribution in [3.05, 3.63) is 24.3 Å². The molecule has 10 heavy (non-hydrogen) atoms. The van der Waals surface area contributed by atoms with E-state index in [4.69, 9.17) is 0 Å². The van der Waals surface area contributed by atoms with Crippen LogP contribution in [0.5, 0.6) is 0 Å². The molecule has 0 aromatic rings. The Balaban J connectivity index is 3.57. The molecule has 0 aromatic carbocycles. The van der Waals surface area contributed by atoms with Crippen molar-refractivity contribution in [2.24, 2.45) is 5.92 Å². The average Bonchev–Trinajstić information content (AvgIpc) is 1.88. The van der Waals surface area contributed by atoms with Crippen molar-refractivity contribution in [3.63, 3.8) is 0 Å². The van der Waals surface area contributed by atoms with Gasteiger partial charge in [-0.1, -0.05) is 38.2 Å². The van der Waals surface area contributed by atoms with Crippen LogP contribution in [0, 0.1) is 5.92 Å². The first kappa shape index (κ1) is 9.48. The van der Waals surface area contributed by atoms with Crippen molar-refractivity contribution >= 4 is 0 Å². The first-order valence-corrected chi connectivity index (χ1v) is 4.00. The maximum Gasteiger partial charge on any atom is -0.0225 e. The van der Waals surface area contributed by atoms with E-state index in [9.17, 15) is 0 Å². The van der Waals surface area contributed by atoms with Crippen molar-refractivity contribution < 1.29 is 0 Å². The van der Waals surface area contributed by atoms with Gasteiger partial charge in [0.25, 0.3) is 0 Å². The van der Waals surface area contributed by atoms with Gasteiger partial charge in [0.1, 0.15) is 0 Å². The minimum absolute atomic E-state index is 0.664. The van der Waals surface area contributed by atoms with E-state index in [2.05, 4.69) is 39.5 Å². The van der Waals surface area contributed by atoms with Crippen LogP contribution in [-0.4, -0.2) is 0 Å². The number of allylic oxidation sites excluding steroid dienone is 3. The van der Waals surface area contributed by atoms with E-state index in [0.717, 1.165) is 12.8 Å². The van der Waals surface area contributed by atoms with Gasteiger partial charge in [-0.2, -0.15) is 0 Å². The van der Waals surface area contributed by atoms with Crippen molar-refractivity contribution in [2.75, 3.05) is 0 Å². The zero-order valence-corrected chi connectivity index (χ0v) is 7.35. The van der Waals surface area contributed by atoms with Crippen molar-refractivity contribution in [3.8, 4) is 0 Å². The van der Waals surface area contributed by atoms with Gasteiger partial charge < -0.3 is 0 Å². The molecule has 0 heterocycles. The first-order chi connectivity index (χ1) is 4.70. The van der Waals surface area contributed by atoms with Crippen molar-refractivity contribution in [1.29, 1.82) is 0 Å². The molecular weight excluding hydrogens is 120 g/mol. The Morgan fingerprint density at radius 2 is 2.20 bits per heavy atom. The summed E-state index contributed by atoms with van der Waals surface area (Å²) in [5.74, 6) is 0.664. The third-order valence-corrected chi connectivity index (χ3v) is 1.63. The molecule has 1 atom stereocenters. The predicted octanol–water partition coefficient (Wildman–Crippen LogP) is 3.55. The summed E-state index contributed by atoms with van der Waals surface area (Å²) in [4.78, 5) is 0. The topological polar surface area (TPSA) is 0 Å². The molecule has 0 N–H and O–H groups in total. The van der Waals surface area contributed by atoms with Crippen LogP contribution in [0.15, 0.2) is 24.3 Å². The minimum Gasteiger partial charge on any atom is -0.0999 e. The summed E-state index contributed by atoms with van der Waals surface area (Å²) in [7, 11) is 0. The lowest BCUT2D eigenvalue weighted by atomic mass is 10.0. The van der Waals surface area contributed by atoms with Gasteiger partial charge in [0.05, 0.1) is 0 Å². The van der Waals surface area contributed by atoms with E-state index >= 15 is 0 Å². The molecular formula is C10H18. The van der Waals surface area contributed by atoms with Gasteiger partial charge in [0.2, 0.25) is 0 Å². The Hall–Kier alpha value is -0.520. The highest BCUT2D eigenvalue weighted by molar-refractivity contribution is 4.98. The van der Waals surface area contributed by atoms with E-state index in [-0.39, 0.29) is 0 Å². The predicted molar refractivity (Wildman–Crippen MR) is 48.0 cm³/mol. The highest BCUT2D eigenvalue weighted by atomic mass is 14.0. The highest BCUT2D eigenvalue weighted by Gasteiger charge is 1.97. The molecule has 0 aliphatic carbocycles. The van der Waals surface area contributed by atoms with E-state index in [1.165, 1.54) is 5.57 Å². The molecule has 0 heteroatoms. The quantitative estimate of drug-likeness (QED) is 0.521. The maximum absolute atomic E-state index is 3.96. The third-order valence-electron chi connectivity index (χ3n) is 1.63. The van der Waals surface area contributed by atoms with Crippen LogP contribution >= 0.6 is 0 Å². The molecule has 0 bridgehead atoms. The number of hydrogen-bond acceptors (Lipinski definition) is 0. The Labute approximate surface area is 64.6 Å². The van der Waals surface area contributed by atoms with Gasteiger partial charge in [0, 0.05) is 0 Å². The molecule has 0 aliphatic rings. The standard InChI is InChI=1S/C10H18/c1-5-7-10(4)8-9(3)6-2/h5,7,10H,3,6,8H2,1-2,4H3. The SMILES string of the molecule is C=C(CC)CC(C)C=CC. The molecule has 0 saturated heterocycles. The lowest BCUT2D eigenvalue weighted by Gasteiger charge is -2.05. The second kappa shape index (κ2) is 5.28. The highest BCUT2D eigenvalue weighted by Crippen LogP contribution is 2.12. The van der Waals surface area contributed by atoms with E-state index in [0.29, 0.717) is 5.92 Å². The number of rotatable bonds is 4. The van der Waals surface area contributed by atoms with Crippen LogP contribution in [0.25, 0.3) is 0 Å². The van der Waals surface area contributed by atoms with E-state index < -0.39 is 0 Å². The van der Waals surface area contributed by atoms with Crippen LogP contribution in [0.2, 0.25) is 0 Å². The Morgan fingerprint density at radius 3 is 2.60 bits per heavy atom. The largest absolute Gasteiger partial charge is 0.0999 e. The van der Waals surface area contributed by atoms with Gasteiger partial charge in [-0.05, 0) is 25.7 Å². The smallest absolute Gasteiger partial charge is 0.0225 e. The van der Waals surface area contributed by atoms with Crippen LogP contribution in [0.1, 0.15) is 33.6 Å². The molecule has 0 amide bonds. The summed E-state index contributed by atoms with van der Waals surface area (Å²) in [5, 5.41) is 0. The van der Waals surface area contributed by atoms with E-state index in [1.807, 2.05) is 0 Å². The first-order valence-electron chi connectivity index (χ1n) is 4.00. The van der Waals surface area contributed by atoms with Crippen molar-refractivity contribution in [2.45, 2.75) is 33.6 Å². The lowest BCUT2D eigenvalue weighted by molar-refractivity contribution is 0.700. The van der Waals surface area contributed by atoms with Crippen LogP contribution in [0.4, 0.5) is 0 Å². The summed E-state index contributed by atoms with van der Waals surface area (Å²) in [6, 6.07) is 0. The Morgan fingerprint density at radius 1 is 1.60 bits per heavy atom. The molecule has 0 radical (unpaired) electrons. The molecule has 1 unspecified atom stereocenters. The molecule has 0 nitrogen and oxygen atoms in total. The Bertz CT molecular complexity index is 120. The van der Waals surface area contributed by atoms with E-state index in [1.54, 1.807) is 0 Å². The van der Waals surface area contributed by atoms with Crippen LogP contribution in [0.3, 0.4) is 0 Å². The fourth-order valence-electron chi connectivity index (χ4n) is 0.996. The molecule has 0 fully saturated rings. The average molecular weight is 138 g/mol. The summed E-state index contributed by atoms with van der Waals surface area (Å²) in [6.07, 6.45) is 6.58. The lowest BCUT2D eigenvalue weighted by Crippen LogP contribution is -1.90. The van der Waals surface area contributed by atoms with Gasteiger partial charge >= 0.3 is 0 Å². The summed E-state index contributed by atoms with van der Waals surface area (Å²) < 4.78 is 0. The Kier molecular flexibility index (Phi) is 5.00. The van der Waals surface area contributed by atoms with Crippen LogP contribution in [-0.2, 0) is 0 Å². The fourth-order valence-corrected chi connectivity index (χ4v) is 0.996. The summed E-state index contributed by atoms with van der Waals surface area (Å²) in [5.41, 5.74) is 1.35. The second-order valence-corrected chi connectivity index (χ2v) is 2.81. The minimum atomic E-state index is 0.664. The zero-order chi connectivity index (χ0) is 7.98. The monoisotopic (exact) mass is 138 g/mol. The summed E-state index contributed by atoms with van der Waals surface area (Å²) in [6.45, 7) is 10.4. The molecule has 0 spiro atoms. The molecule has 58 valence electrons. The van der Waals surface area contributed by atoms with Crippen molar-refractivity contribution in [1.82, 2.24) is 0 Å². The molecule has 0 aliphatic heterocycles. The van der Waals surface area contributed by atoms with Crippen LogP contribution < -0.4 is 0 Å². The zero-order valence-electron chi connectivity index (χ0n) is 7.35. The molecule has 0 saturated carbocycles. The third kappa shape index (κ3) is 4.37. The van der Waals surface area contributed by atoms with Gasteiger partial charge in [-0.3, -0.25) is 0 Å². The maximum atomic E-state index is 3.96. The number of hydrogen-bond donors (Lipinski definition) is 0. The van der Waals surface area contributed by atoms with Gasteiger partial charge in [0.15, 0.2) is 0 Å². The molecule has 0 aromatic heterocycles.